The summed E-state index contributed by atoms with van der Waals surface area (Å²) in [6, 6.07) is -1.56. The monoisotopic (exact) mass is 1170 g/mol. The first-order valence-corrected chi connectivity index (χ1v) is 27.7. The Labute approximate surface area is 482 Å². The highest BCUT2D eigenvalue weighted by atomic mass is 16.6. The van der Waals surface area contributed by atoms with Crippen molar-refractivity contribution in [3.8, 4) is 0 Å². The van der Waals surface area contributed by atoms with Crippen molar-refractivity contribution in [3.63, 3.8) is 0 Å². The molecule has 26 heteroatoms. The predicted molar refractivity (Wildman–Crippen MR) is 302 cm³/mol. The first-order valence-electron chi connectivity index (χ1n) is 27.7. The normalized spacial score (nSPS) is 15.5. The van der Waals surface area contributed by atoms with Crippen molar-refractivity contribution in [1.82, 2.24) is 47.9 Å². The predicted octanol–water partition coefficient (Wildman–Crippen LogP) is 1.82. The fraction of sp³-hybridized carbons (Fsp3) is 0.714. The lowest BCUT2D eigenvalue weighted by Gasteiger charge is -2.31. The quantitative estimate of drug-likeness (QED) is 0.0447. The number of carbonyl (C=O) groups excluding carboxylic acids is 9. The van der Waals surface area contributed by atoms with E-state index in [1.807, 2.05) is 6.07 Å². The number of aliphatic hydroxyl groups excluding tert-OH is 2. The van der Waals surface area contributed by atoms with E-state index in [9.17, 15) is 63.3 Å². The summed E-state index contributed by atoms with van der Waals surface area (Å²) in [5, 5.41) is 54.1. The van der Waals surface area contributed by atoms with Crippen molar-refractivity contribution in [2.75, 3.05) is 26.3 Å². The van der Waals surface area contributed by atoms with Crippen LogP contribution in [-0.2, 0) is 63.9 Å². The molecular weight excluding hydrogens is 1070 g/mol. The van der Waals surface area contributed by atoms with Crippen molar-refractivity contribution >= 4 is 59.5 Å². The van der Waals surface area contributed by atoms with Gasteiger partial charge in [-0.15, -0.1) is 0 Å². The second-order valence-corrected chi connectivity index (χ2v) is 23.9. The van der Waals surface area contributed by atoms with E-state index in [2.05, 4.69) is 47.9 Å². The molecule has 0 spiro atoms. The first kappa shape index (κ1) is 73.4. The number of aliphatic hydroxyl groups is 2. The van der Waals surface area contributed by atoms with Gasteiger partial charge in [-0.1, -0.05) is 78.3 Å². The van der Waals surface area contributed by atoms with Crippen molar-refractivity contribution in [1.29, 1.82) is 0 Å². The SMILES string of the molecule is CC[C@H](C)[C@H](NC(=O)[C@@H](CCCNC(=O)OCc1ccccc1)NC(=O)[C@H](CC(C)C)NC(=O)[C@@H](NC(=O)OC(C)(C)C)[C@H](O)C(C)C)C(=O)N[C@H](C(=O)NCC(=O)N[C@@H](COC(C)(C)C)C(=O)N[C@@H](COC(C)(C)C)C(=O)O)[C@H](C)O. The summed E-state index contributed by atoms with van der Waals surface area (Å²) in [4.78, 5) is 135. The van der Waals surface area contributed by atoms with Gasteiger partial charge in [-0.05, 0) is 112 Å². The van der Waals surface area contributed by atoms with Crippen LogP contribution in [0.1, 0.15) is 142 Å². The van der Waals surface area contributed by atoms with Crippen LogP contribution in [0.25, 0.3) is 0 Å². The standard InChI is InChI=1S/C56H95N9O17/c1-17-33(6)41(49(73)64-42(34(7)66)48(72)58-27-40(67)59-38(29-80-54(8,9)10)47(71)62-39(51(75)76)30-81-55(11,12)13)63-45(69)36(24-21-25-57-52(77)79-28-35-22-19-18-20-23-35)60-46(70)37(26-31(2)3)61-50(74)43(44(68)32(4)5)65-53(78)82-56(14,15)16/h18-20,22-23,31-34,36-39,41-44,66,68H,17,21,24-30H2,1-16H3,(H,57,77)(H,58,72)(H,59,67)(H,60,70)(H,61,74)(H,62,71)(H,63,69)(H,64,73)(H,65,78)(H,75,76)/t33-,34-,36+,37-,38-,39-,41-,42-,43-,44+/m0/s1. The first-order chi connectivity index (χ1) is 37.8. The summed E-state index contributed by atoms with van der Waals surface area (Å²) < 4.78 is 21.9. The van der Waals surface area contributed by atoms with Crippen molar-refractivity contribution in [2.24, 2.45) is 17.8 Å². The van der Waals surface area contributed by atoms with Gasteiger partial charge in [0, 0.05) is 6.54 Å². The van der Waals surface area contributed by atoms with E-state index in [4.69, 9.17) is 18.9 Å². The summed E-state index contributed by atoms with van der Waals surface area (Å²) in [7, 11) is 0. The van der Waals surface area contributed by atoms with Crippen LogP contribution in [0.2, 0.25) is 0 Å². The lowest BCUT2D eigenvalue weighted by atomic mass is 9.96. The van der Waals surface area contributed by atoms with Crippen LogP contribution >= 0.6 is 0 Å². The maximum absolute atomic E-state index is 14.5. The number of nitrogens with one attached hydrogen (secondary N) is 9. The van der Waals surface area contributed by atoms with E-state index in [1.54, 1.807) is 128 Å². The molecular formula is C56H95N9O17. The number of aliphatic carboxylic acids is 1. The number of alkyl carbamates (subject to hydrolysis) is 2. The number of carbonyl (C=O) groups is 10. The molecule has 0 saturated carbocycles. The maximum Gasteiger partial charge on any atom is 0.408 e. The van der Waals surface area contributed by atoms with E-state index in [1.165, 1.54) is 6.92 Å². The Morgan fingerprint density at radius 1 is 0.549 bits per heavy atom. The van der Waals surface area contributed by atoms with Crippen LogP contribution in [0.3, 0.4) is 0 Å². The van der Waals surface area contributed by atoms with Gasteiger partial charge >= 0.3 is 18.2 Å². The summed E-state index contributed by atoms with van der Waals surface area (Å²) in [5.74, 6) is -9.36. The number of amides is 9. The average molecular weight is 1170 g/mol. The Kier molecular flexibility index (Phi) is 31.1. The number of hydrogen-bond acceptors (Lipinski definition) is 16. The van der Waals surface area contributed by atoms with Gasteiger partial charge in [0.25, 0.3) is 0 Å². The molecule has 12 N–H and O–H groups in total. The molecule has 26 nitrogen and oxygen atoms in total. The van der Waals surface area contributed by atoms with Crippen LogP contribution in [0, 0.1) is 17.8 Å². The molecule has 0 aliphatic rings. The number of ether oxygens (including phenoxy) is 4. The fourth-order valence-electron chi connectivity index (χ4n) is 7.33. The largest absolute Gasteiger partial charge is 0.480 e. The Morgan fingerprint density at radius 3 is 1.57 bits per heavy atom. The van der Waals surface area contributed by atoms with Crippen molar-refractivity contribution < 1.29 is 82.2 Å². The van der Waals surface area contributed by atoms with Gasteiger partial charge in [0.2, 0.25) is 41.4 Å². The molecule has 0 heterocycles. The number of benzene rings is 1. The molecule has 0 aliphatic heterocycles. The molecule has 82 heavy (non-hydrogen) atoms. The molecule has 0 aromatic heterocycles. The van der Waals surface area contributed by atoms with Crippen LogP contribution < -0.4 is 47.9 Å². The van der Waals surface area contributed by atoms with Crippen molar-refractivity contribution in [3.05, 3.63) is 35.9 Å². The summed E-state index contributed by atoms with van der Waals surface area (Å²) >= 11 is 0. The Balaban J connectivity index is 3.49. The minimum Gasteiger partial charge on any atom is -0.480 e. The van der Waals surface area contributed by atoms with E-state index >= 15 is 0 Å². The second-order valence-electron chi connectivity index (χ2n) is 23.9. The summed E-state index contributed by atoms with van der Waals surface area (Å²) in [5.41, 5.74) is -1.76. The van der Waals surface area contributed by atoms with E-state index in [-0.39, 0.29) is 44.8 Å². The Morgan fingerprint density at radius 2 is 1.06 bits per heavy atom. The molecule has 0 fully saturated rings. The molecule has 466 valence electrons. The third kappa shape index (κ3) is 29.9. The smallest absolute Gasteiger partial charge is 0.408 e. The zero-order chi connectivity index (χ0) is 62.9. The molecule has 1 rings (SSSR count). The Hall–Kier alpha value is -6.64. The third-order valence-electron chi connectivity index (χ3n) is 12.0. The fourth-order valence-corrected chi connectivity index (χ4v) is 7.33. The van der Waals surface area contributed by atoms with E-state index in [0.717, 1.165) is 5.56 Å². The highest BCUT2D eigenvalue weighted by molar-refractivity contribution is 5.97. The maximum atomic E-state index is 14.5. The van der Waals surface area contributed by atoms with E-state index < -0.39 is 162 Å². The average Bonchev–Trinajstić information content (AvgIpc) is 3.39. The van der Waals surface area contributed by atoms with Gasteiger partial charge < -0.3 is 82.1 Å². The summed E-state index contributed by atoms with van der Waals surface area (Å²) in [6.45, 7) is 24.7. The molecule has 9 amide bonds. The highest BCUT2D eigenvalue weighted by Crippen LogP contribution is 2.16. The molecule has 10 atom stereocenters. The molecule has 0 bridgehead atoms. The van der Waals surface area contributed by atoms with Gasteiger partial charge in [-0.25, -0.2) is 14.4 Å². The van der Waals surface area contributed by atoms with Crippen LogP contribution in [-0.4, -0.2) is 172 Å². The van der Waals surface area contributed by atoms with Gasteiger partial charge in [0.15, 0.2) is 6.04 Å². The van der Waals surface area contributed by atoms with E-state index in [0.29, 0.717) is 0 Å². The number of rotatable bonds is 33. The lowest BCUT2D eigenvalue weighted by Crippen LogP contribution is -2.62. The summed E-state index contributed by atoms with van der Waals surface area (Å²) in [6.07, 6.45) is -4.57. The van der Waals surface area contributed by atoms with Gasteiger partial charge in [0.1, 0.15) is 48.5 Å². The topological polar surface area (TPSA) is 377 Å². The molecule has 0 unspecified atom stereocenters. The van der Waals surface area contributed by atoms with Crippen LogP contribution in [0.5, 0.6) is 0 Å². The third-order valence-corrected chi connectivity index (χ3v) is 12.0. The molecule has 0 saturated heterocycles. The molecule has 1 aromatic rings. The highest BCUT2D eigenvalue weighted by Gasteiger charge is 2.38. The minimum absolute atomic E-state index is 0.0163. The second kappa shape index (κ2) is 34.7. The van der Waals surface area contributed by atoms with Gasteiger partial charge in [-0.3, -0.25) is 33.6 Å². The Bertz CT molecular complexity index is 2250. The van der Waals surface area contributed by atoms with Crippen molar-refractivity contribution in [2.45, 2.75) is 214 Å². The lowest BCUT2D eigenvalue weighted by molar-refractivity contribution is -0.146. The zero-order valence-electron chi connectivity index (χ0n) is 50.7. The number of hydrogen-bond donors (Lipinski definition) is 12. The van der Waals surface area contributed by atoms with Gasteiger partial charge in [-0.2, -0.15) is 0 Å². The number of carboxylic acid groups (broad SMARTS) is 1. The molecule has 1 aromatic carbocycles. The van der Waals surface area contributed by atoms with Crippen LogP contribution in [0.4, 0.5) is 9.59 Å². The molecule has 0 aliphatic carbocycles. The zero-order valence-corrected chi connectivity index (χ0v) is 50.7. The van der Waals surface area contributed by atoms with Gasteiger partial charge in [0.05, 0.1) is 43.2 Å². The molecule has 0 radical (unpaired) electrons. The number of carboxylic acids is 1. The minimum atomic E-state index is -1.72. The van der Waals surface area contributed by atoms with Crippen LogP contribution in [0.15, 0.2) is 30.3 Å².